The Hall–Kier alpha value is -2.56. The second-order valence-electron chi connectivity index (χ2n) is 6.52. The highest BCUT2D eigenvalue weighted by Gasteiger charge is 2.47. The fourth-order valence-electron chi connectivity index (χ4n) is 3.45. The van der Waals surface area contributed by atoms with E-state index in [-0.39, 0.29) is 5.57 Å². The molecule has 3 heterocycles. The van der Waals surface area contributed by atoms with Crippen molar-refractivity contribution in [3.63, 3.8) is 0 Å². The van der Waals surface area contributed by atoms with E-state index in [1.807, 2.05) is 0 Å². The number of hydrogen-bond donors (Lipinski definition) is 1. The number of carbonyl (C=O) groups excluding carboxylic acids is 2. The Morgan fingerprint density at radius 1 is 1.33 bits per heavy atom. The third-order valence-corrected chi connectivity index (χ3v) is 7.01. The van der Waals surface area contributed by atoms with Crippen LogP contribution < -0.4 is 9.64 Å². The number of aryl methyl sites for hydroxylation is 2. The van der Waals surface area contributed by atoms with Gasteiger partial charge in [0.05, 0.1) is 28.3 Å². The molecule has 4 rings (SSSR count). The Bertz CT molecular complexity index is 1190. The maximum absolute atomic E-state index is 13.5. The van der Waals surface area contributed by atoms with Gasteiger partial charge in [0.15, 0.2) is 10.9 Å². The molecule has 154 valence electrons. The molecule has 0 bridgehead atoms. The van der Waals surface area contributed by atoms with Crippen LogP contribution in [0.2, 0.25) is 0 Å². The molecule has 3 aromatic rings. The van der Waals surface area contributed by atoms with Gasteiger partial charge in [0, 0.05) is 21.6 Å². The number of methoxy groups -OCH3 is 1. The van der Waals surface area contributed by atoms with Crippen LogP contribution in [0.1, 0.15) is 32.0 Å². The summed E-state index contributed by atoms with van der Waals surface area (Å²) >= 11 is 5.92. The molecule has 1 amide bonds. The molecule has 1 N–H and O–H groups in total. The highest BCUT2D eigenvalue weighted by atomic mass is 79.9. The Kier molecular flexibility index (Phi) is 5.48. The molecular weight excluding hydrogens is 490 g/mol. The van der Waals surface area contributed by atoms with E-state index in [2.05, 4.69) is 25.9 Å². The average molecular weight is 506 g/mol. The van der Waals surface area contributed by atoms with E-state index in [9.17, 15) is 14.7 Å². The largest absolute Gasteiger partial charge is 0.503 e. The van der Waals surface area contributed by atoms with Crippen LogP contribution in [0.15, 0.2) is 45.6 Å². The molecular formula is C20H16BrN3O4S2. The minimum Gasteiger partial charge on any atom is -0.503 e. The van der Waals surface area contributed by atoms with Gasteiger partial charge >= 0.3 is 0 Å². The minimum atomic E-state index is -0.898. The number of aromatic nitrogens is 2. The fourth-order valence-corrected chi connectivity index (χ4v) is 5.37. The number of thiazole rings is 2. The zero-order chi connectivity index (χ0) is 21.6. The van der Waals surface area contributed by atoms with Crippen LogP contribution in [-0.2, 0) is 4.79 Å². The number of halogens is 1. The highest BCUT2D eigenvalue weighted by Crippen LogP contribution is 2.46. The van der Waals surface area contributed by atoms with Gasteiger partial charge in [-0.1, -0.05) is 15.9 Å². The van der Waals surface area contributed by atoms with Crippen LogP contribution in [0.4, 0.5) is 5.13 Å². The summed E-state index contributed by atoms with van der Waals surface area (Å²) in [4.78, 5) is 36.9. The van der Waals surface area contributed by atoms with Gasteiger partial charge in [0.25, 0.3) is 5.91 Å². The van der Waals surface area contributed by atoms with Crippen molar-refractivity contribution in [1.82, 2.24) is 9.97 Å². The molecule has 0 aliphatic carbocycles. The molecule has 0 saturated carbocycles. The van der Waals surface area contributed by atoms with E-state index in [0.29, 0.717) is 27.0 Å². The number of amides is 1. The summed E-state index contributed by atoms with van der Waals surface area (Å²) in [6.07, 6.45) is 1.57. The number of hydrogen-bond acceptors (Lipinski definition) is 8. The predicted octanol–water partition coefficient (Wildman–Crippen LogP) is 4.77. The van der Waals surface area contributed by atoms with E-state index in [1.54, 1.807) is 43.6 Å². The molecule has 1 unspecified atom stereocenters. The van der Waals surface area contributed by atoms with Crippen molar-refractivity contribution in [3.05, 3.63) is 66.7 Å². The summed E-state index contributed by atoms with van der Waals surface area (Å²) < 4.78 is 6.25. The molecule has 1 aliphatic heterocycles. The molecule has 2 aromatic heterocycles. The highest BCUT2D eigenvalue weighted by molar-refractivity contribution is 9.10. The fraction of sp³-hybridized carbons (Fsp3) is 0.200. The smallest absolute Gasteiger partial charge is 0.296 e. The summed E-state index contributed by atoms with van der Waals surface area (Å²) in [7, 11) is 1.51. The van der Waals surface area contributed by atoms with Crippen molar-refractivity contribution >= 4 is 55.4 Å². The van der Waals surface area contributed by atoms with Crippen molar-refractivity contribution < 1.29 is 19.4 Å². The second kappa shape index (κ2) is 7.93. The number of Topliss-reactive ketones (excluding diaryl/α,β-unsaturated/α-hetero) is 1. The van der Waals surface area contributed by atoms with Crippen LogP contribution in [-0.4, -0.2) is 33.9 Å². The normalized spacial score (nSPS) is 16.5. The number of carbonyl (C=O) groups is 2. The van der Waals surface area contributed by atoms with Crippen molar-refractivity contribution in [2.75, 3.05) is 12.0 Å². The summed E-state index contributed by atoms with van der Waals surface area (Å²) in [6, 6.07) is 4.41. The number of aliphatic hydroxyl groups is 1. The lowest BCUT2D eigenvalue weighted by Gasteiger charge is -2.26. The van der Waals surface area contributed by atoms with Gasteiger partial charge in [-0.2, -0.15) is 0 Å². The van der Waals surface area contributed by atoms with Gasteiger partial charge < -0.3 is 9.84 Å². The number of aliphatic hydroxyl groups excluding tert-OH is 1. The molecule has 0 spiro atoms. The molecule has 1 aliphatic rings. The Morgan fingerprint density at radius 2 is 2.10 bits per heavy atom. The van der Waals surface area contributed by atoms with Gasteiger partial charge in [0.2, 0.25) is 5.78 Å². The Morgan fingerprint density at radius 3 is 2.70 bits per heavy atom. The van der Waals surface area contributed by atoms with E-state index in [0.717, 1.165) is 9.48 Å². The van der Waals surface area contributed by atoms with E-state index < -0.39 is 23.5 Å². The zero-order valence-electron chi connectivity index (χ0n) is 16.2. The zero-order valence-corrected chi connectivity index (χ0v) is 19.4. The predicted molar refractivity (Wildman–Crippen MR) is 119 cm³/mol. The molecule has 0 saturated heterocycles. The molecule has 1 atom stereocenters. The molecule has 10 heteroatoms. The number of ether oxygens (including phenoxy) is 1. The number of rotatable bonds is 5. The van der Waals surface area contributed by atoms with Crippen LogP contribution in [0.3, 0.4) is 0 Å². The Labute approximate surface area is 188 Å². The maximum Gasteiger partial charge on any atom is 0.296 e. The third-order valence-electron chi connectivity index (χ3n) is 4.67. The molecule has 7 nitrogen and oxygen atoms in total. The topological polar surface area (TPSA) is 92.6 Å². The number of nitrogens with zero attached hydrogens (tertiary/aromatic N) is 3. The summed E-state index contributed by atoms with van der Waals surface area (Å²) in [5.74, 6) is -1.23. The number of anilines is 1. The quantitative estimate of drug-likeness (QED) is 0.502. The van der Waals surface area contributed by atoms with Crippen LogP contribution in [0.5, 0.6) is 5.75 Å². The Balaban J connectivity index is 1.95. The van der Waals surface area contributed by atoms with E-state index in [4.69, 9.17) is 4.74 Å². The van der Waals surface area contributed by atoms with Crippen molar-refractivity contribution in [2.45, 2.75) is 19.9 Å². The minimum absolute atomic E-state index is 0.0154. The van der Waals surface area contributed by atoms with Crippen LogP contribution in [0.25, 0.3) is 0 Å². The van der Waals surface area contributed by atoms with Gasteiger partial charge in [-0.3, -0.25) is 14.5 Å². The SMILES string of the molecule is COc1ccc(Br)cc1C1C(C(=O)c2sc(C)nc2C)=C(O)C(=O)N1c1nccs1. The molecule has 30 heavy (non-hydrogen) atoms. The first-order valence-electron chi connectivity index (χ1n) is 8.81. The first-order valence-corrected chi connectivity index (χ1v) is 11.3. The van der Waals surface area contributed by atoms with Gasteiger partial charge in [-0.25, -0.2) is 9.97 Å². The van der Waals surface area contributed by atoms with Crippen LogP contribution in [0, 0.1) is 13.8 Å². The lowest BCUT2D eigenvalue weighted by Crippen LogP contribution is -2.31. The molecule has 0 radical (unpaired) electrons. The third kappa shape index (κ3) is 3.34. The average Bonchev–Trinajstić information content (AvgIpc) is 3.41. The number of benzene rings is 1. The van der Waals surface area contributed by atoms with Gasteiger partial charge in [0.1, 0.15) is 11.8 Å². The van der Waals surface area contributed by atoms with Crippen molar-refractivity contribution in [2.24, 2.45) is 0 Å². The number of ketones is 1. The standard InChI is InChI=1S/C20H16BrN3O4S2/c1-9-18(30-10(2)23-9)16(25)14-15(12-8-11(21)4-5-13(12)28-3)24(19(27)17(14)26)20-22-6-7-29-20/h4-8,15,26H,1-3H3. The van der Waals surface area contributed by atoms with Gasteiger partial charge in [-0.05, 0) is 32.0 Å². The maximum atomic E-state index is 13.5. The lowest BCUT2D eigenvalue weighted by atomic mass is 9.94. The first-order chi connectivity index (χ1) is 14.3. The summed E-state index contributed by atoms with van der Waals surface area (Å²) in [5.41, 5.74) is 1.10. The van der Waals surface area contributed by atoms with E-state index >= 15 is 0 Å². The van der Waals surface area contributed by atoms with Crippen molar-refractivity contribution in [1.29, 1.82) is 0 Å². The summed E-state index contributed by atoms with van der Waals surface area (Å²) in [5, 5.41) is 13.6. The second-order valence-corrected chi connectivity index (χ2v) is 9.51. The summed E-state index contributed by atoms with van der Waals surface area (Å²) in [6.45, 7) is 3.54. The molecule has 0 fully saturated rings. The first kappa shape index (κ1) is 20.7. The van der Waals surface area contributed by atoms with Crippen molar-refractivity contribution in [3.8, 4) is 5.75 Å². The molecule has 1 aromatic carbocycles. The van der Waals surface area contributed by atoms with Gasteiger partial charge in [-0.15, -0.1) is 22.7 Å². The lowest BCUT2D eigenvalue weighted by molar-refractivity contribution is -0.117. The van der Waals surface area contributed by atoms with Crippen LogP contribution >= 0.6 is 38.6 Å². The monoisotopic (exact) mass is 505 g/mol. The van der Waals surface area contributed by atoms with E-state index in [1.165, 1.54) is 34.7 Å².